The predicted molar refractivity (Wildman–Crippen MR) is 311 cm³/mol. The number of ketones is 2. The van der Waals surface area contributed by atoms with Crippen molar-refractivity contribution in [1.29, 1.82) is 0 Å². The number of nitrogens with zero attached hydrogens (tertiary/aromatic N) is 2. The molecule has 0 aromatic rings. The van der Waals surface area contributed by atoms with Crippen LogP contribution in [0.2, 0.25) is 0 Å². The van der Waals surface area contributed by atoms with Crippen molar-refractivity contribution in [2.45, 2.75) is 192 Å². The number of Topliss-reactive ketones (excluding diaryl/α,β-unsaturated/α-hetero) is 2. The van der Waals surface area contributed by atoms with E-state index in [0.29, 0.717) is 123 Å². The van der Waals surface area contributed by atoms with Crippen LogP contribution in [0.25, 0.3) is 0 Å². The summed E-state index contributed by atoms with van der Waals surface area (Å²) in [7, 11) is 6.27. The molecule has 474 valence electrons. The molecule has 4 aliphatic rings. The third-order valence-corrected chi connectivity index (χ3v) is 16.9. The molecule has 1 aliphatic carbocycles. The van der Waals surface area contributed by atoms with Gasteiger partial charge < -0.3 is 78.2 Å². The molecule has 21 nitrogen and oxygen atoms in total. The Balaban J connectivity index is 1.55. The molecule has 2 amide bonds. The number of amides is 2. The van der Waals surface area contributed by atoms with Gasteiger partial charge in [-0.05, 0) is 108 Å². The molecule has 0 unspecified atom stereocenters. The molecule has 0 spiro atoms. The zero-order chi connectivity index (χ0) is 61.2. The average Bonchev–Trinajstić information content (AvgIpc) is 3.58. The number of esters is 1. The molecular weight excluding hydrogens is 1070 g/mol. The lowest BCUT2D eigenvalue weighted by molar-refractivity contribution is -0.265. The van der Waals surface area contributed by atoms with E-state index >= 15 is 0 Å². The zero-order valence-electron chi connectivity index (χ0n) is 51.6. The summed E-state index contributed by atoms with van der Waals surface area (Å²) >= 11 is 0. The summed E-state index contributed by atoms with van der Waals surface area (Å²) in [6, 6.07) is -1.99. The molecule has 0 radical (unpaired) electrons. The van der Waals surface area contributed by atoms with Gasteiger partial charge in [-0.25, -0.2) is 9.59 Å². The van der Waals surface area contributed by atoms with Crippen LogP contribution in [0.3, 0.4) is 0 Å². The molecule has 4 rings (SSSR count). The minimum absolute atomic E-state index is 0.0425. The minimum atomic E-state index is -2.46. The molecule has 0 aromatic heterocycles. The molecule has 0 aromatic carbocycles. The van der Waals surface area contributed by atoms with Gasteiger partial charge in [-0.15, -0.1) is 0 Å². The van der Waals surface area contributed by atoms with Crippen molar-refractivity contribution < 1.29 is 86.7 Å². The summed E-state index contributed by atoms with van der Waals surface area (Å²) < 4.78 is 58.3. The average molecular weight is 1180 g/mol. The van der Waals surface area contributed by atoms with Crippen molar-refractivity contribution in [3.8, 4) is 0 Å². The molecule has 1 saturated carbocycles. The number of hydrogen-bond donors (Lipinski definition) is 4. The Morgan fingerprint density at radius 1 is 0.771 bits per heavy atom. The van der Waals surface area contributed by atoms with Crippen LogP contribution in [0.15, 0.2) is 47.6 Å². The van der Waals surface area contributed by atoms with E-state index < -0.39 is 114 Å². The maximum absolute atomic E-state index is 14.7. The fraction of sp³-hybridized carbons (Fsp3) is 0.790. The Bertz CT molecular complexity index is 2120. The van der Waals surface area contributed by atoms with Crippen molar-refractivity contribution in [2.24, 2.45) is 35.3 Å². The first-order chi connectivity index (χ1) is 39.6. The molecule has 16 atom stereocenters. The quantitative estimate of drug-likeness (QED) is 0.0483. The molecule has 3 heterocycles. The maximum atomic E-state index is 14.7. The van der Waals surface area contributed by atoms with Gasteiger partial charge in [0, 0.05) is 84.7 Å². The number of allylic oxidation sites excluding steroid dienone is 5. The Morgan fingerprint density at radius 2 is 1.43 bits per heavy atom. The number of likely N-dealkylation sites (N-methyl/N-ethyl adjacent to an activating group) is 1. The predicted octanol–water partition coefficient (Wildman–Crippen LogP) is 5.83. The van der Waals surface area contributed by atoms with Crippen molar-refractivity contribution in [1.82, 2.24) is 9.80 Å². The monoisotopic (exact) mass is 1180 g/mol. The second-order valence-corrected chi connectivity index (χ2v) is 23.3. The number of piperidine rings is 1. The van der Waals surface area contributed by atoms with E-state index in [1.807, 2.05) is 58.1 Å². The van der Waals surface area contributed by atoms with Crippen LogP contribution < -0.4 is 5.73 Å². The van der Waals surface area contributed by atoms with E-state index in [-0.39, 0.29) is 37.8 Å². The summed E-state index contributed by atoms with van der Waals surface area (Å²) in [6.45, 7) is 16.6. The first-order valence-electron chi connectivity index (χ1n) is 30.2. The minimum Gasteiger partial charge on any atom is -0.459 e. The first-order valence-corrected chi connectivity index (χ1v) is 30.2. The third-order valence-electron chi connectivity index (χ3n) is 16.9. The van der Waals surface area contributed by atoms with Gasteiger partial charge in [0.1, 0.15) is 30.5 Å². The third kappa shape index (κ3) is 22.4. The normalized spacial score (nSPS) is 35.0. The van der Waals surface area contributed by atoms with Crippen LogP contribution in [0.4, 0.5) is 4.79 Å². The molecule has 3 fully saturated rings. The summed E-state index contributed by atoms with van der Waals surface area (Å²) in [5.41, 5.74) is 8.33. The van der Waals surface area contributed by atoms with Crippen LogP contribution >= 0.6 is 0 Å². The molecule has 21 heteroatoms. The summed E-state index contributed by atoms with van der Waals surface area (Å²) in [5.74, 6) is -7.82. The number of aliphatic hydroxyl groups excluding tert-OH is 2. The summed E-state index contributed by atoms with van der Waals surface area (Å²) in [4.78, 5) is 73.1. The number of carbonyl (C=O) groups excluding carboxylic acids is 5. The lowest BCUT2D eigenvalue weighted by Crippen LogP contribution is -2.61. The van der Waals surface area contributed by atoms with E-state index in [0.717, 1.165) is 5.57 Å². The Kier molecular flexibility index (Phi) is 31.8. The number of hydrogen-bond acceptors (Lipinski definition) is 19. The van der Waals surface area contributed by atoms with Gasteiger partial charge >= 0.3 is 12.1 Å². The number of cyclic esters (lactones) is 1. The van der Waals surface area contributed by atoms with Crippen LogP contribution in [0.5, 0.6) is 0 Å². The van der Waals surface area contributed by atoms with Crippen LogP contribution in [-0.2, 0) is 66.5 Å². The lowest BCUT2D eigenvalue weighted by atomic mass is 9.80. The van der Waals surface area contributed by atoms with Crippen LogP contribution in [-0.4, -0.2) is 216 Å². The maximum Gasteiger partial charge on any atom is 0.409 e. The van der Waals surface area contributed by atoms with Gasteiger partial charge in [-0.2, -0.15) is 0 Å². The number of rotatable bonds is 20. The van der Waals surface area contributed by atoms with E-state index in [1.165, 1.54) is 16.9 Å². The number of ether oxygens (including phenoxy) is 10. The van der Waals surface area contributed by atoms with Crippen molar-refractivity contribution >= 4 is 29.5 Å². The highest BCUT2D eigenvalue weighted by atomic mass is 16.6. The van der Waals surface area contributed by atoms with Crippen molar-refractivity contribution in [2.75, 3.05) is 94.3 Å². The van der Waals surface area contributed by atoms with Gasteiger partial charge in [-0.1, -0.05) is 64.2 Å². The first kappa shape index (κ1) is 71.5. The zero-order valence-corrected chi connectivity index (χ0v) is 51.6. The number of fused-ring (bicyclic) bond motifs is 3. The van der Waals surface area contributed by atoms with E-state index in [9.17, 15) is 39.3 Å². The van der Waals surface area contributed by atoms with Crippen molar-refractivity contribution in [3.05, 3.63) is 47.6 Å². The second kappa shape index (κ2) is 36.9. The van der Waals surface area contributed by atoms with Crippen molar-refractivity contribution in [3.63, 3.8) is 0 Å². The molecule has 5 N–H and O–H groups in total. The van der Waals surface area contributed by atoms with Crippen LogP contribution in [0, 0.1) is 29.6 Å². The largest absolute Gasteiger partial charge is 0.459 e. The standard InChI is InChI=1S/C62H103N3O18/c1-12-77-28-29-79-32-33-80-31-30-78-27-26-64(8)61(72)82-50-24-22-46(37-54(50)76-11)36-48(63)53-39-52(75-10)42(4)35-44(6)56(67)57(68)55(66)43(5)34-40(2)18-14-13-15-19-41(3)51(74-9)38-47-23-21-45(7)62(73,83-47)58(69)59(70)65-25-17-16-20-49(65)60(71)81-53/h13-15,18-19,35,40,42-43,45-54,56-57,67-68,73H,12,16-17,20-34,36-39,63H2,1-11H3/b15-13+,18-14+,41-19+,44-35+/t40-,42-,43-,45-,46+,47+,48-,49+,50-,51+,52-,53+,54-,56-,57+,62-/m1/s1. The number of aliphatic hydroxyl groups is 3. The SMILES string of the molecule is CCOCCOCCOCCOCCN(C)C(=O)O[C@@H]1CC[C@@H](C[C@@H](N)[C@@H]2C[C@@H](OC)[C@H](C)/C=C(\C)[C@@H](O)[C@@H](O)C(=O)[C@H](C)C[C@H](C)/C=C/C=C/C=C(\C)[C@@H](OC)C[C@@H]3CC[C@@H](C)[C@@](O)(O3)C(=O)C(=O)N3CCCC[C@H]3C(=O)O2)C[C@H]1OC. The highest BCUT2D eigenvalue weighted by Crippen LogP contribution is 2.38. The summed E-state index contributed by atoms with van der Waals surface area (Å²) in [5, 5.41) is 34.7. The lowest BCUT2D eigenvalue weighted by Gasteiger charge is -2.43. The Labute approximate surface area is 493 Å². The number of methoxy groups -OCH3 is 3. The van der Waals surface area contributed by atoms with Gasteiger partial charge in [-0.3, -0.25) is 14.4 Å². The highest BCUT2D eigenvalue weighted by Gasteiger charge is 2.53. The smallest absolute Gasteiger partial charge is 0.409 e. The van der Waals surface area contributed by atoms with E-state index in [2.05, 4.69) is 0 Å². The Morgan fingerprint density at radius 3 is 2.08 bits per heavy atom. The molecular formula is C62H103N3O18. The molecule has 83 heavy (non-hydrogen) atoms. The van der Waals surface area contributed by atoms with Gasteiger partial charge in [0.05, 0.1) is 70.7 Å². The highest BCUT2D eigenvalue weighted by molar-refractivity contribution is 6.39. The molecule has 2 saturated heterocycles. The number of carbonyl (C=O) groups is 5. The Hall–Kier alpha value is -3.97. The van der Waals surface area contributed by atoms with E-state index in [1.54, 1.807) is 48.1 Å². The molecule has 3 aliphatic heterocycles. The van der Waals surface area contributed by atoms with E-state index in [4.69, 9.17) is 53.1 Å². The molecule has 2 bridgehead atoms. The topological polar surface area (TPSA) is 271 Å². The fourth-order valence-corrected chi connectivity index (χ4v) is 11.5. The van der Waals surface area contributed by atoms with Crippen LogP contribution in [0.1, 0.15) is 126 Å². The van der Waals surface area contributed by atoms with Gasteiger partial charge in [0.25, 0.3) is 11.7 Å². The second-order valence-electron chi connectivity index (χ2n) is 23.3. The summed E-state index contributed by atoms with van der Waals surface area (Å²) in [6.07, 6.45) is 8.46. The van der Waals surface area contributed by atoms with Gasteiger partial charge in [0.15, 0.2) is 5.78 Å². The van der Waals surface area contributed by atoms with Gasteiger partial charge in [0.2, 0.25) is 5.79 Å². The fourth-order valence-electron chi connectivity index (χ4n) is 11.5. The number of nitrogens with two attached hydrogens (primary N) is 1.